The predicted molar refractivity (Wildman–Crippen MR) is 55.9 cm³/mol. The van der Waals surface area contributed by atoms with Crippen molar-refractivity contribution in [3.8, 4) is 0 Å². The van der Waals surface area contributed by atoms with E-state index in [2.05, 4.69) is 0 Å². The molecule has 0 heterocycles. The van der Waals surface area contributed by atoms with Gasteiger partial charge in [0.05, 0.1) is 0 Å². The van der Waals surface area contributed by atoms with Crippen molar-refractivity contribution in [3.63, 3.8) is 0 Å². The molecular formula is C11H11ClO3. The zero-order valence-electron chi connectivity index (χ0n) is 8.03. The van der Waals surface area contributed by atoms with Crippen LogP contribution in [-0.4, -0.2) is 16.2 Å². The Bertz CT molecular complexity index is 416. The Morgan fingerprint density at radius 3 is 2.87 bits per heavy atom. The number of fused-ring (bicyclic) bond motifs is 1. The van der Waals surface area contributed by atoms with Crippen molar-refractivity contribution in [1.29, 1.82) is 0 Å². The fourth-order valence-corrected chi connectivity index (χ4v) is 2.22. The summed E-state index contributed by atoms with van der Waals surface area (Å²) in [5.74, 6) is -1.20. The van der Waals surface area contributed by atoms with Gasteiger partial charge in [-0.3, -0.25) is 0 Å². The highest BCUT2D eigenvalue weighted by atomic mass is 35.5. The number of aliphatic hydroxyl groups is 1. The summed E-state index contributed by atoms with van der Waals surface area (Å²) in [6, 6.07) is 5.04. The minimum atomic E-state index is -1.77. The molecule has 1 unspecified atom stereocenters. The van der Waals surface area contributed by atoms with Crippen LogP contribution in [0.25, 0.3) is 0 Å². The van der Waals surface area contributed by atoms with Crippen molar-refractivity contribution in [2.45, 2.75) is 24.9 Å². The minimum absolute atomic E-state index is 0.246. The fourth-order valence-electron chi connectivity index (χ4n) is 2.04. The first-order chi connectivity index (χ1) is 7.04. The largest absolute Gasteiger partial charge is 0.479 e. The van der Waals surface area contributed by atoms with E-state index in [-0.39, 0.29) is 6.42 Å². The zero-order chi connectivity index (χ0) is 11.1. The molecule has 0 radical (unpaired) electrons. The Morgan fingerprint density at radius 2 is 2.20 bits per heavy atom. The molecule has 0 spiro atoms. The molecule has 0 aromatic heterocycles. The molecule has 1 atom stereocenters. The lowest BCUT2D eigenvalue weighted by molar-refractivity contribution is -0.161. The lowest BCUT2D eigenvalue weighted by Crippen LogP contribution is -2.38. The Hall–Kier alpha value is -1.06. The molecule has 0 bridgehead atoms. The van der Waals surface area contributed by atoms with E-state index in [1.807, 2.05) is 0 Å². The number of rotatable bonds is 1. The summed E-state index contributed by atoms with van der Waals surface area (Å²) in [5, 5.41) is 19.6. The van der Waals surface area contributed by atoms with Gasteiger partial charge in [-0.1, -0.05) is 17.7 Å². The molecule has 1 aliphatic carbocycles. The number of hydrogen-bond donors (Lipinski definition) is 2. The third-order valence-corrected chi connectivity index (χ3v) is 3.09. The minimum Gasteiger partial charge on any atom is -0.479 e. The number of carboxylic acids is 1. The van der Waals surface area contributed by atoms with Gasteiger partial charge in [-0.2, -0.15) is 0 Å². The molecule has 2 rings (SSSR count). The molecule has 15 heavy (non-hydrogen) atoms. The van der Waals surface area contributed by atoms with E-state index in [0.29, 0.717) is 17.0 Å². The van der Waals surface area contributed by atoms with Gasteiger partial charge in [0.1, 0.15) is 0 Å². The maximum Gasteiger partial charge on any atom is 0.340 e. The van der Waals surface area contributed by atoms with Gasteiger partial charge in [0.15, 0.2) is 5.60 Å². The van der Waals surface area contributed by atoms with Gasteiger partial charge in [0, 0.05) is 5.02 Å². The second-order valence-corrected chi connectivity index (χ2v) is 4.26. The highest BCUT2D eigenvalue weighted by Crippen LogP contribution is 2.36. The number of benzene rings is 1. The highest BCUT2D eigenvalue weighted by Gasteiger charge is 2.41. The maximum absolute atomic E-state index is 11.1. The number of hydrogen-bond acceptors (Lipinski definition) is 2. The van der Waals surface area contributed by atoms with Crippen LogP contribution in [-0.2, 0) is 16.8 Å². The molecule has 0 fully saturated rings. The zero-order valence-corrected chi connectivity index (χ0v) is 8.79. The van der Waals surface area contributed by atoms with E-state index >= 15 is 0 Å². The summed E-state index contributed by atoms with van der Waals surface area (Å²) < 4.78 is 0. The topological polar surface area (TPSA) is 57.5 Å². The van der Waals surface area contributed by atoms with Gasteiger partial charge in [-0.15, -0.1) is 0 Å². The third kappa shape index (κ3) is 1.62. The highest BCUT2D eigenvalue weighted by molar-refractivity contribution is 6.30. The van der Waals surface area contributed by atoms with Crippen LogP contribution >= 0.6 is 11.6 Å². The van der Waals surface area contributed by atoms with Crippen LogP contribution < -0.4 is 0 Å². The van der Waals surface area contributed by atoms with Crippen molar-refractivity contribution in [1.82, 2.24) is 0 Å². The van der Waals surface area contributed by atoms with Gasteiger partial charge < -0.3 is 10.2 Å². The second kappa shape index (κ2) is 3.51. The molecule has 3 nitrogen and oxygen atoms in total. The predicted octanol–water partition coefficient (Wildman–Crippen LogP) is 1.95. The van der Waals surface area contributed by atoms with Crippen LogP contribution in [0.2, 0.25) is 5.02 Å². The molecule has 80 valence electrons. The molecule has 0 saturated carbocycles. The quantitative estimate of drug-likeness (QED) is 0.770. The molecule has 0 aliphatic heterocycles. The SMILES string of the molecule is O=C(O)C1(O)CCCc2ccc(Cl)cc21. The van der Waals surface area contributed by atoms with Gasteiger partial charge >= 0.3 is 5.97 Å². The number of aryl methyl sites for hydroxylation is 1. The average Bonchev–Trinajstić information content (AvgIpc) is 2.19. The van der Waals surface area contributed by atoms with Crippen LogP contribution in [0.1, 0.15) is 24.0 Å². The Kier molecular flexibility index (Phi) is 2.44. The van der Waals surface area contributed by atoms with E-state index in [1.165, 1.54) is 0 Å². The normalized spacial score (nSPS) is 24.7. The standard InChI is InChI=1S/C11H11ClO3/c12-8-4-3-7-2-1-5-11(15,10(13)14)9(7)6-8/h3-4,6,15H,1-2,5H2,(H,13,14). The lowest BCUT2D eigenvalue weighted by atomic mass is 9.79. The molecule has 0 saturated heterocycles. The molecule has 4 heteroatoms. The average molecular weight is 227 g/mol. The summed E-state index contributed by atoms with van der Waals surface area (Å²) in [6.07, 6.45) is 1.72. The molecular weight excluding hydrogens is 216 g/mol. The summed E-state index contributed by atoms with van der Waals surface area (Å²) >= 11 is 5.80. The van der Waals surface area contributed by atoms with Crippen LogP contribution in [0.15, 0.2) is 18.2 Å². The Morgan fingerprint density at radius 1 is 1.47 bits per heavy atom. The van der Waals surface area contributed by atoms with Crippen molar-refractivity contribution in [3.05, 3.63) is 34.3 Å². The van der Waals surface area contributed by atoms with Gasteiger partial charge in [-0.05, 0) is 42.5 Å². The van der Waals surface area contributed by atoms with Gasteiger partial charge in [-0.25, -0.2) is 4.79 Å². The van der Waals surface area contributed by atoms with E-state index in [9.17, 15) is 9.90 Å². The third-order valence-electron chi connectivity index (χ3n) is 2.86. The summed E-state index contributed by atoms with van der Waals surface area (Å²) in [6.45, 7) is 0. The molecule has 1 aromatic rings. The number of aliphatic carboxylic acids is 1. The van der Waals surface area contributed by atoms with Gasteiger partial charge in [0.2, 0.25) is 0 Å². The van der Waals surface area contributed by atoms with Crippen LogP contribution in [0.5, 0.6) is 0 Å². The summed E-state index contributed by atoms with van der Waals surface area (Å²) in [7, 11) is 0. The van der Waals surface area contributed by atoms with Crippen molar-refractivity contribution < 1.29 is 15.0 Å². The number of carboxylic acid groups (broad SMARTS) is 1. The first kappa shape index (κ1) is 10.5. The molecule has 1 aromatic carbocycles. The Balaban J connectivity index is 2.59. The first-order valence-electron chi connectivity index (χ1n) is 4.79. The monoisotopic (exact) mass is 226 g/mol. The molecule has 0 amide bonds. The van der Waals surface area contributed by atoms with Crippen LogP contribution in [0.4, 0.5) is 0 Å². The molecule has 2 N–H and O–H groups in total. The number of halogens is 1. The second-order valence-electron chi connectivity index (χ2n) is 3.82. The van der Waals surface area contributed by atoms with E-state index in [4.69, 9.17) is 16.7 Å². The lowest BCUT2D eigenvalue weighted by Gasteiger charge is -2.30. The van der Waals surface area contributed by atoms with E-state index in [0.717, 1.165) is 12.0 Å². The summed E-state index contributed by atoms with van der Waals surface area (Å²) in [4.78, 5) is 11.1. The van der Waals surface area contributed by atoms with Crippen molar-refractivity contribution in [2.75, 3.05) is 0 Å². The Labute approximate surface area is 92.3 Å². The molecule has 1 aliphatic rings. The van der Waals surface area contributed by atoms with Crippen LogP contribution in [0, 0.1) is 0 Å². The first-order valence-corrected chi connectivity index (χ1v) is 5.16. The summed E-state index contributed by atoms with van der Waals surface area (Å²) in [5.41, 5.74) is -0.456. The van der Waals surface area contributed by atoms with E-state index in [1.54, 1.807) is 18.2 Å². The van der Waals surface area contributed by atoms with E-state index < -0.39 is 11.6 Å². The number of carbonyl (C=O) groups is 1. The van der Waals surface area contributed by atoms with Crippen molar-refractivity contribution >= 4 is 17.6 Å². The van der Waals surface area contributed by atoms with Gasteiger partial charge in [0.25, 0.3) is 0 Å². The van der Waals surface area contributed by atoms with Crippen LogP contribution in [0.3, 0.4) is 0 Å². The smallest absolute Gasteiger partial charge is 0.340 e. The maximum atomic E-state index is 11.1. The van der Waals surface area contributed by atoms with Crippen molar-refractivity contribution in [2.24, 2.45) is 0 Å². The fraction of sp³-hybridized carbons (Fsp3) is 0.364.